The minimum absolute atomic E-state index is 0.0925. The highest BCUT2D eigenvalue weighted by atomic mass is 79.9. The van der Waals surface area contributed by atoms with Crippen LogP contribution in [0.15, 0.2) is 34.4 Å². The third kappa shape index (κ3) is 6.87. The van der Waals surface area contributed by atoms with Crippen LogP contribution >= 0.6 is 27.3 Å². The molecule has 2 saturated carbocycles. The van der Waals surface area contributed by atoms with Crippen LogP contribution in [0, 0.1) is 17.8 Å². The molecule has 1 aromatic rings. The van der Waals surface area contributed by atoms with E-state index in [1.165, 1.54) is 38.5 Å². The lowest BCUT2D eigenvalue weighted by atomic mass is 9.65. The lowest BCUT2D eigenvalue weighted by molar-refractivity contribution is -0.116. The Morgan fingerprint density at radius 2 is 2.09 bits per heavy atom. The molecule has 0 spiro atoms. The minimum atomic E-state index is -1.73. The summed E-state index contributed by atoms with van der Waals surface area (Å²) in [5.74, 6) is 2.02. The summed E-state index contributed by atoms with van der Waals surface area (Å²) in [5, 5.41) is 3.19. The second kappa shape index (κ2) is 11.1. The van der Waals surface area contributed by atoms with Crippen LogP contribution in [-0.4, -0.2) is 25.3 Å². The SMILES string of the molecule is CC(C)(C)[Si](C)(C)O[C@H]1CC[C@@H]2CCC[C@@H](/C=C/C=C(\Br)C(=O)NCc3cncs3)[C@H]2C1. The number of allylic oxidation sites excluding steroid dienone is 3. The maximum Gasteiger partial charge on any atom is 0.258 e. The van der Waals surface area contributed by atoms with Gasteiger partial charge in [-0.2, -0.15) is 0 Å². The summed E-state index contributed by atoms with van der Waals surface area (Å²) < 4.78 is 7.37. The van der Waals surface area contributed by atoms with Crippen LogP contribution < -0.4 is 5.32 Å². The number of aromatic nitrogens is 1. The summed E-state index contributed by atoms with van der Waals surface area (Å²) in [7, 11) is -1.73. The topological polar surface area (TPSA) is 51.2 Å². The van der Waals surface area contributed by atoms with Crippen LogP contribution in [0.2, 0.25) is 18.1 Å². The first-order valence-electron chi connectivity index (χ1n) is 11.9. The van der Waals surface area contributed by atoms with Gasteiger partial charge in [0, 0.05) is 17.2 Å². The van der Waals surface area contributed by atoms with Gasteiger partial charge in [0.2, 0.25) is 0 Å². The molecule has 4 nitrogen and oxygen atoms in total. The van der Waals surface area contributed by atoms with E-state index < -0.39 is 8.32 Å². The van der Waals surface area contributed by atoms with Gasteiger partial charge in [0.05, 0.1) is 16.5 Å². The minimum Gasteiger partial charge on any atom is -0.414 e. The number of hydrogen-bond donors (Lipinski definition) is 1. The second-order valence-corrected chi connectivity index (χ2v) is 17.5. The Labute approximate surface area is 207 Å². The first-order valence-corrected chi connectivity index (χ1v) is 16.5. The molecule has 0 saturated heterocycles. The molecule has 32 heavy (non-hydrogen) atoms. The van der Waals surface area contributed by atoms with Gasteiger partial charge in [-0.3, -0.25) is 9.78 Å². The van der Waals surface area contributed by atoms with Crippen molar-refractivity contribution in [3.63, 3.8) is 0 Å². The van der Waals surface area contributed by atoms with Gasteiger partial charge in [-0.1, -0.05) is 45.8 Å². The van der Waals surface area contributed by atoms with E-state index in [-0.39, 0.29) is 10.9 Å². The lowest BCUT2D eigenvalue weighted by Crippen LogP contribution is -2.46. The van der Waals surface area contributed by atoms with Gasteiger partial charge in [-0.15, -0.1) is 11.3 Å². The van der Waals surface area contributed by atoms with Crippen LogP contribution in [0.25, 0.3) is 0 Å². The monoisotopic (exact) mass is 538 g/mol. The molecule has 3 rings (SSSR count). The Hall–Kier alpha value is -0.763. The molecular weight excluding hydrogens is 500 g/mol. The van der Waals surface area contributed by atoms with E-state index >= 15 is 0 Å². The van der Waals surface area contributed by atoms with Crippen molar-refractivity contribution in [2.45, 2.75) is 90.1 Å². The molecule has 1 aromatic heterocycles. The molecule has 178 valence electrons. The van der Waals surface area contributed by atoms with Crippen LogP contribution in [0.1, 0.15) is 64.2 Å². The summed E-state index contributed by atoms with van der Waals surface area (Å²) in [6.07, 6.45) is 16.1. The van der Waals surface area contributed by atoms with Crippen LogP contribution in [0.3, 0.4) is 0 Å². The highest BCUT2D eigenvalue weighted by Gasteiger charge is 2.43. The van der Waals surface area contributed by atoms with Crippen molar-refractivity contribution in [3.05, 3.63) is 39.3 Å². The predicted molar refractivity (Wildman–Crippen MR) is 140 cm³/mol. The zero-order chi connectivity index (χ0) is 23.4. The molecule has 0 unspecified atom stereocenters. The first kappa shape index (κ1) is 25.9. The molecule has 2 fully saturated rings. The Bertz CT molecular complexity index is 816. The number of carbonyl (C=O) groups is 1. The van der Waals surface area contributed by atoms with Gasteiger partial charge >= 0.3 is 0 Å². The molecule has 2 aliphatic rings. The van der Waals surface area contributed by atoms with Gasteiger partial charge in [0.1, 0.15) is 0 Å². The van der Waals surface area contributed by atoms with E-state index in [0.29, 0.717) is 29.0 Å². The number of amides is 1. The van der Waals surface area contributed by atoms with E-state index in [1.54, 1.807) is 23.0 Å². The van der Waals surface area contributed by atoms with Gasteiger partial charge in [-0.05, 0) is 83.6 Å². The fourth-order valence-electron chi connectivity index (χ4n) is 4.82. The fourth-order valence-corrected chi connectivity index (χ4v) is 7.05. The van der Waals surface area contributed by atoms with E-state index in [2.05, 4.69) is 72.2 Å². The highest BCUT2D eigenvalue weighted by molar-refractivity contribution is 9.12. The van der Waals surface area contributed by atoms with Gasteiger partial charge in [-0.25, -0.2) is 0 Å². The molecule has 0 aromatic carbocycles. The quantitative estimate of drug-likeness (QED) is 0.226. The van der Waals surface area contributed by atoms with Crippen LogP contribution in [-0.2, 0) is 15.8 Å². The highest BCUT2D eigenvalue weighted by Crippen LogP contribution is 2.47. The third-order valence-electron chi connectivity index (χ3n) is 7.65. The van der Waals surface area contributed by atoms with Crippen LogP contribution in [0.4, 0.5) is 0 Å². The van der Waals surface area contributed by atoms with Crippen molar-refractivity contribution in [1.82, 2.24) is 10.3 Å². The average Bonchev–Trinajstić information content (AvgIpc) is 3.24. The summed E-state index contributed by atoms with van der Waals surface area (Å²) in [4.78, 5) is 17.4. The summed E-state index contributed by atoms with van der Waals surface area (Å²) in [5.41, 5.74) is 1.78. The first-order chi connectivity index (χ1) is 15.1. The third-order valence-corrected chi connectivity index (χ3v) is 13.6. The standard InChI is InChI=1S/C25H39BrN2O2SSi/c1-25(2,3)32(4,5)30-20-13-12-19-9-6-8-18(22(19)14-20)10-7-11-23(26)24(29)28-16-21-15-27-17-31-21/h7,10-11,15,17-20,22H,6,8-9,12-14,16H2,1-5H3,(H,28,29)/b10-7+,23-11-/t18-,19-,20-,22+/m0/s1. The number of carbonyl (C=O) groups excluding carboxylic acids is 1. The maximum absolute atomic E-state index is 12.3. The zero-order valence-electron chi connectivity index (χ0n) is 20.2. The molecule has 1 amide bonds. The second-order valence-electron chi connectivity index (χ2n) is 10.9. The summed E-state index contributed by atoms with van der Waals surface area (Å²) >= 11 is 4.98. The van der Waals surface area contributed by atoms with Crippen molar-refractivity contribution >= 4 is 41.5 Å². The number of rotatable bonds is 7. The predicted octanol–water partition coefficient (Wildman–Crippen LogP) is 7.20. The van der Waals surface area contributed by atoms with E-state index in [4.69, 9.17) is 4.43 Å². The molecule has 4 atom stereocenters. The molecular formula is C25H39BrN2O2SSi. The number of thiazole rings is 1. The Balaban J connectivity index is 1.57. The number of nitrogens with zero attached hydrogens (tertiary/aromatic N) is 1. The fraction of sp³-hybridized carbons (Fsp3) is 0.680. The molecule has 2 aliphatic carbocycles. The van der Waals surface area contributed by atoms with Gasteiger partial charge in [0.25, 0.3) is 5.91 Å². The average molecular weight is 540 g/mol. The maximum atomic E-state index is 12.3. The van der Waals surface area contributed by atoms with E-state index in [1.807, 2.05) is 6.08 Å². The number of fused-ring (bicyclic) bond motifs is 1. The van der Waals surface area contributed by atoms with Gasteiger partial charge in [0.15, 0.2) is 8.32 Å². The molecule has 1 heterocycles. The van der Waals surface area contributed by atoms with Crippen molar-refractivity contribution in [2.24, 2.45) is 17.8 Å². The molecule has 0 bridgehead atoms. The largest absolute Gasteiger partial charge is 0.414 e. The number of hydrogen-bond acceptors (Lipinski definition) is 4. The lowest BCUT2D eigenvalue weighted by Gasteiger charge is -2.46. The van der Waals surface area contributed by atoms with Crippen molar-refractivity contribution in [1.29, 1.82) is 0 Å². The molecule has 0 aliphatic heterocycles. The molecule has 7 heteroatoms. The van der Waals surface area contributed by atoms with Crippen LogP contribution in [0.5, 0.6) is 0 Å². The summed E-state index contributed by atoms with van der Waals surface area (Å²) in [6.45, 7) is 12.2. The normalized spacial score (nSPS) is 27.4. The number of halogens is 1. The van der Waals surface area contributed by atoms with Crippen molar-refractivity contribution in [2.75, 3.05) is 0 Å². The Morgan fingerprint density at radius 3 is 2.78 bits per heavy atom. The van der Waals surface area contributed by atoms with Crippen molar-refractivity contribution in [3.8, 4) is 0 Å². The summed E-state index contributed by atoms with van der Waals surface area (Å²) in [6, 6.07) is 0. The zero-order valence-corrected chi connectivity index (χ0v) is 23.6. The van der Waals surface area contributed by atoms with E-state index in [9.17, 15) is 4.79 Å². The molecule has 0 radical (unpaired) electrons. The smallest absolute Gasteiger partial charge is 0.258 e. The number of nitrogens with one attached hydrogen (secondary N) is 1. The van der Waals surface area contributed by atoms with Crippen molar-refractivity contribution < 1.29 is 9.22 Å². The Morgan fingerprint density at radius 1 is 1.31 bits per heavy atom. The molecule has 1 N–H and O–H groups in total. The van der Waals surface area contributed by atoms with Gasteiger partial charge < -0.3 is 9.74 Å². The Kier molecular flexibility index (Phi) is 8.97. The van der Waals surface area contributed by atoms with E-state index in [0.717, 1.165) is 10.8 Å².